The van der Waals surface area contributed by atoms with Gasteiger partial charge in [0, 0.05) is 16.6 Å². The molecule has 0 aliphatic heterocycles. The normalized spacial score (nSPS) is 13.8. The fraction of sp³-hybridized carbons (Fsp3) is 0.136. The van der Waals surface area contributed by atoms with Gasteiger partial charge in [-0.2, -0.15) is 0 Å². The Labute approximate surface area is 179 Å². The Morgan fingerprint density at radius 1 is 0.933 bits per heavy atom. The summed E-state index contributed by atoms with van der Waals surface area (Å²) in [5.74, 6) is -0.229. The Hall–Kier alpha value is -2.87. The van der Waals surface area contributed by atoms with Gasteiger partial charge < -0.3 is 11.1 Å². The van der Waals surface area contributed by atoms with Crippen molar-refractivity contribution in [3.8, 4) is 22.3 Å². The Bertz CT molecular complexity index is 1220. The molecule has 3 aromatic carbocycles. The zero-order valence-corrected chi connectivity index (χ0v) is 17.5. The second-order valence-corrected chi connectivity index (χ2v) is 9.31. The van der Waals surface area contributed by atoms with Crippen molar-refractivity contribution in [2.75, 3.05) is 5.73 Å². The molecule has 8 heteroatoms. The van der Waals surface area contributed by atoms with Crippen LogP contribution in [0, 0.1) is 0 Å². The predicted molar refractivity (Wildman–Crippen MR) is 119 cm³/mol. The summed E-state index contributed by atoms with van der Waals surface area (Å²) in [6.07, 6.45) is 1.93. The van der Waals surface area contributed by atoms with Gasteiger partial charge in [0.2, 0.25) is 10.0 Å². The lowest BCUT2D eigenvalue weighted by Gasteiger charge is -2.15. The van der Waals surface area contributed by atoms with Crippen LogP contribution in [0.3, 0.4) is 0 Å². The van der Waals surface area contributed by atoms with Crippen molar-refractivity contribution in [1.82, 2.24) is 5.32 Å². The number of hydrogen-bond donors (Lipinski definition) is 3. The molecule has 0 atom stereocenters. The molecule has 1 amide bonds. The van der Waals surface area contributed by atoms with E-state index in [1.807, 2.05) is 18.2 Å². The summed E-state index contributed by atoms with van der Waals surface area (Å²) in [7, 11) is -3.80. The van der Waals surface area contributed by atoms with E-state index >= 15 is 0 Å². The molecule has 0 aromatic heterocycles. The number of primary sulfonamides is 1. The van der Waals surface area contributed by atoms with Gasteiger partial charge in [0.05, 0.1) is 16.1 Å². The average molecular weight is 442 g/mol. The molecular weight excluding hydrogens is 422 g/mol. The van der Waals surface area contributed by atoms with E-state index in [2.05, 4.69) is 5.32 Å². The summed E-state index contributed by atoms with van der Waals surface area (Å²) in [6.45, 7) is 0. The topological polar surface area (TPSA) is 115 Å². The van der Waals surface area contributed by atoms with Crippen molar-refractivity contribution in [2.24, 2.45) is 5.14 Å². The maximum Gasteiger partial charge on any atom is 0.253 e. The highest BCUT2D eigenvalue weighted by atomic mass is 35.5. The van der Waals surface area contributed by atoms with Crippen molar-refractivity contribution in [3.05, 3.63) is 71.2 Å². The van der Waals surface area contributed by atoms with E-state index in [1.165, 1.54) is 12.1 Å². The molecule has 154 valence electrons. The molecule has 30 heavy (non-hydrogen) atoms. The smallest absolute Gasteiger partial charge is 0.253 e. The number of benzene rings is 3. The van der Waals surface area contributed by atoms with Crippen LogP contribution in [-0.4, -0.2) is 20.4 Å². The minimum atomic E-state index is -3.80. The van der Waals surface area contributed by atoms with Crippen molar-refractivity contribution in [1.29, 1.82) is 0 Å². The molecule has 0 heterocycles. The number of sulfonamides is 1. The molecule has 1 fully saturated rings. The van der Waals surface area contributed by atoms with Crippen LogP contribution < -0.4 is 16.2 Å². The van der Waals surface area contributed by atoms with Crippen molar-refractivity contribution >= 4 is 33.2 Å². The maximum atomic E-state index is 12.8. The summed E-state index contributed by atoms with van der Waals surface area (Å²) in [4.78, 5) is 12.8. The minimum absolute atomic E-state index is 0.00498. The predicted octanol–water partition coefficient (Wildman–Crippen LogP) is 3.80. The first-order valence-electron chi connectivity index (χ1n) is 9.36. The summed E-state index contributed by atoms with van der Waals surface area (Å²) >= 11 is 6.01. The molecule has 1 aliphatic carbocycles. The average Bonchev–Trinajstić information content (AvgIpc) is 3.52. The number of nitrogens with one attached hydrogen (secondary N) is 1. The summed E-state index contributed by atoms with van der Waals surface area (Å²) in [5.41, 5.74) is 10.1. The third-order valence-electron chi connectivity index (χ3n) is 5.01. The Morgan fingerprint density at radius 3 is 2.10 bits per heavy atom. The summed E-state index contributed by atoms with van der Waals surface area (Å²) in [5, 5.41) is 8.77. The van der Waals surface area contributed by atoms with E-state index in [9.17, 15) is 13.2 Å². The first-order chi connectivity index (χ1) is 14.2. The third-order valence-corrected chi connectivity index (χ3v) is 6.19. The van der Waals surface area contributed by atoms with Gasteiger partial charge in [-0.15, -0.1) is 0 Å². The number of nitrogen functional groups attached to an aromatic ring is 1. The van der Waals surface area contributed by atoms with Crippen LogP contribution in [0.2, 0.25) is 5.02 Å². The van der Waals surface area contributed by atoms with Crippen LogP contribution in [0.4, 0.5) is 5.69 Å². The second kappa shape index (κ2) is 7.75. The highest BCUT2D eigenvalue weighted by Gasteiger charge is 2.26. The van der Waals surface area contributed by atoms with E-state index < -0.39 is 10.0 Å². The van der Waals surface area contributed by atoms with E-state index in [0.29, 0.717) is 27.4 Å². The third kappa shape index (κ3) is 4.33. The molecule has 6 nitrogen and oxygen atoms in total. The molecule has 0 bridgehead atoms. The Morgan fingerprint density at radius 2 is 1.53 bits per heavy atom. The second-order valence-electron chi connectivity index (χ2n) is 7.31. The number of hydrogen-bond acceptors (Lipinski definition) is 4. The molecule has 4 rings (SSSR count). The lowest BCUT2D eigenvalue weighted by atomic mass is 9.93. The van der Waals surface area contributed by atoms with Gasteiger partial charge in [0.15, 0.2) is 0 Å². The number of nitrogens with two attached hydrogens (primary N) is 2. The molecule has 0 spiro atoms. The number of carbonyl (C=O) groups is 1. The van der Waals surface area contributed by atoms with Crippen molar-refractivity contribution in [2.45, 2.75) is 23.8 Å². The van der Waals surface area contributed by atoms with Crippen LogP contribution in [0.25, 0.3) is 22.3 Å². The first-order valence-corrected chi connectivity index (χ1v) is 11.3. The molecular formula is C22H20ClN3O3S. The minimum Gasteiger partial charge on any atom is -0.398 e. The van der Waals surface area contributed by atoms with E-state index in [4.69, 9.17) is 22.5 Å². The van der Waals surface area contributed by atoms with Crippen LogP contribution >= 0.6 is 11.6 Å². The molecule has 0 unspecified atom stereocenters. The quantitative estimate of drug-likeness (QED) is 0.522. The molecule has 0 radical (unpaired) electrons. The fourth-order valence-electron chi connectivity index (χ4n) is 3.20. The van der Waals surface area contributed by atoms with E-state index in [-0.39, 0.29) is 16.8 Å². The van der Waals surface area contributed by atoms with E-state index in [0.717, 1.165) is 24.0 Å². The number of anilines is 1. The van der Waals surface area contributed by atoms with E-state index in [1.54, 1.807) is 30.3 Å². The van der Waals surface area contributed by atoms with Crippen molar-refractivity contribution in [3.63, 3.8) is 0 Å². The first kappa shape index (κ1) is 20.4. The molecule has 0 saturated heterocycles. The van der Waals surface area contributed by atoms with Crippen LogP contribution in [0.15, 0.2) is 65.6 Å². The van der Waals surface area contributed by atoms with Gasteiger partial charge in [-0.25, -0.2) is 13.6 Å². The van der Waals surface area contributed by atoms with Gasteiger partial charge in [0.25, 0.3) is 5.91 Å². The lowest BCUT2D eigenvalue weighted by molar-refractivity contribution is 0.0952. The van der Waals surface area contributed by atoms with Crippen LogP contribution in [0.5, 0.6) is 0 Å². The summed E-state index contributed by atoms with van der Waals surface area (Å²) in [6, 6.07) is 17.2. The number of carbonyl (C=O) groups excluding carboxylic acids is 1. The van der Waals surface area contributed by atoms with Gasteiger partial charge in [-0.05, 0) is 65.9 Å². The molecule has 1 saturated carbocycles. The summed E-state index contributed by atoms with van der Waals surface area (Å²) < 4.78 is 23.1. The lowest BCUT2D eigenvalue weighted by Crippen LogP contribution is -2.26. The molecule has 1 aliphatic rings. The maximum absolute atomic E-state index is 12.8. The van der Waals surface area contributed by atoms with Gasteiger partial charge in [0.1, 0.15) is 0 Å². The highest BCUT2D eigenvalue weighted by Crippen LogP contribution is 2.35. The SMILES string of the molecule is Nc1c(C(=O)NC2CC2)cc(-c2ccc(Cl)cc2)cc1-c1ccc(S(N)(=O)=O)cc1. The largest absolute Gasteiger partial charge is 0.398 e. The zero-order chi connectivity index (χ0) is 21.5. The highest BCUT2D eigenvalue weighted by molar-refractivity contribution is 7.89. The van der Waals surface area contributed by atoms with Crippen LogP contribution in [-0.2, 0) is 10.0 Å². The van der Waals surface area contributed by atoms with Gasteiger partial charge >= 0.3 is 0 Å². The monoisotopic (exact) mass is 441 g/mol. The number of amides is 1. The van der Waals surface area contributed by atoms with Gasteiger partial charge in [-0.1, -0.05) is 35.9 Å². The number of rotatable bonds is 5. The fourth-order valence-corrected chi connectivity index (χ4v) is 3.85. The standard InChI is InChI=1S/C22H20ClN3O3S/c23-16-5-1-13(2-6-16)15-11-19(14-3-9-18(10-4-14)30(25,28)29)21(24)20(12-15)22(27)26-17-7-8-17/h1-6,9-12,17H,7-8,24H2,(H,26,27)(H2,25,28,29). The zero-order valence-electron chi connectivity index (χ0n) is 15.9. The van der Waals surface area contributed by atoms with Crippen molar-refractivity contribution < 1.29 is 13.2 Å². The Kier molecular flexibility index (Phi) is 5.27. The number of halogens is 1. The molecule has 3 aromatic rings. The Balaban J connectivity index is 1.84. The molecule has 5 N–H and O–H groups in total. The van der Waals surface area contributed by atoms with Crippen LogP contribution in [0.1, 0.15) is 23.2 Å². The van der Waals surface area contributed by atoms with Gasteiger partial charge in [-0.3, -0.25) is 4.79 Å².